The molecule has 1 heterocycles. The van der Waals surface area contributed by atoms with Gasteiger partial charge in [-0.05, 0) is 56.5 Å². The van der Waals surface area contributed by atoms with Crippen molar-refractivity contribution in [1.29, 1.82) is 0 Å². The Kier molecular flexibility index (Phi) is 5.16. The molecule has 3 rings (SSSR count). The first-order chi connectivity index (χ1) is 12.4. The Balaban J connectivity index is 1.64. The van der Waals surface area contributed by atoms with Crippen LogP contribution in [0.2, 0.25) is 0 Å². The Hall–Kier alpha value is -2.95. The number of nitrogens with zero attached hydrogens (tertiary/aromatic N) is 2. The molecule has 1 aromatic heterocycles. The summed E-state index contributed by atoms with van der Waals surface area (Å²) in [5.74, 6) is 0.377. The van der Waals surface area contributed by atoms with Gasteiger partial charge in [0.2, 0.25) is 5.89 Å². The normalized spacial score (nSPS) is 12.0. The van der Waals surface area contributed by atoms with E-state index in [2.05, 4.69) is 10.2 Å². The lowest BCUT2D eigenvalue weighted by molar-refractivity contribution is -0.148. The molecule has 3 aromatic rings. The lowest BCUT2D eigenvalue weighted by Gasteiger charge is -2.10. The highest BCUT2D eigenvalue weighted by Crippen LogP contribution is 2.23. The molecule has 0 fully saturated rings. The highest BCUT2D eigenvalue weighted by Gasteiger charge is 2.19. The summed E-state index contributed by atoms with van der Waals surface area (Å²) >= 11 is 0. The molecule has 26 heavy (non-hydrogen) atoms. The van der Waals surface area contributed by atoms with Gasteiger partial charge in [0.1, 0.15) is 0 Å². The molecule has 0 amide bonds. The molecule has 0 N–H and O–H groups in total. The van der Waals surface area contributed by atoms with Crippen LogP contribution in [0.3, 0.4) is 0 Å². The maximum atomic E-state index is 12.2. The minimum absolute atomic E-state index is 0.213. The maximum absolute atomic E-state index is 12.2. The zero-order chi connectivity index (χ0) is 18.7. The van der Waals surface area contributed by atoms with Crippen molar-refractivity contribution in [2.45, 2.75) is 40.2 Å². The van der Waals surface area contributed by atoms with Gasteiger partial charge in [-0.25, -0.2) is 0 Å². The van der Waals surface area contributed by atoms with Gasteiger partial charge in [0, 0.05) is 5.56 Å². The zero-order valence-corrected chi connectivity index (χ0v) is 15.4. The van der Waals surface area contributed by atoms with Gasteiger partial charge in [-0.1, -0.05) is 35.9 Å². The van der Waals surface area contributed by atoms with Crippen molar-refractivity contribution in [3.63, 3.8) is 0 Å². The van der Waals surface area contributed by atoms with Crippen molar-refractivity contribution in [3.8, 4) is 11.5 Å². The first-order valence-corrected chi connectivity index (χ1v) is 8.58. The number of aromatic nitrogens is 2. The summed E-state index contributed by atoms with van der Waals surface area (Å²) in [6, 6.07) is 13.7. The van der Waals surface area contributed by atoms with Crippen molar-refractivity contribution >= 4 is 5.97 Å². The van der Waals surface area contributed by atoms with Gasteiger partial charge in [0.15, 0.2) is 6.10 Å². The van der Waals surface area contributed by atoms with E-state index in [0.717, 1.165) is 22.3 Å². The molecule has 5 nitrogen and oxygen atoms in total. The molecule has 0 bridgehead atoms. The summed E-state index contributed by atoms with van der Waals surface area (Å²) in [4.78, 5) is 12.2. The van der Waals surface area contributed by atoms with Crippen LogP contribution >= 0.6 is 0 Å². The second kappa shape index (κ2) is 7.52. The molecule has 0 saturated carbocycles. The fourth-order valence-corrected chi connectivity index (χ4v) is 2.58. The van der Waals surface area contributed by atoms with Gasteiger partial charge in [0.25, 0.3) is 5.89 Å². The van der Waals surface area contributed by atoms with Crippen LogP contribution in [0.5, 0.6) is 0 Å². The second-order valence-corrected chi connectivity index (χ2v) is 6.54. The van der Waals surface area contributed by atoms with Crippen molar-refractivity contribution in [2.75, 3.05) is 0 Å². The number of ether oxygens (including phenoxy) is 1. The van der Waals surface area contributed by atoms with Gasteiger partial charge >= 0.3 is 5.97 Å². The maximum Gasteiger partial charge on any atom is 0.311 e. The molecule has 0 saturated heterocycles. The minimum atomic E-state index is -0.597. The number of carbonyl (C=O) groups excluding carboxylic acids is 1. The van der Waals surface area contributed by atoms with Gasteiger partial charge < -0.3 is 9.15 Å². The number of hydrogen-bond acceptors (Lipinski definition) is 5. The average Bonchev–Trinajstić information content (AvgIpc) is 3.09. The van der Waals surface area contributed by atoms with E-state index in [-0.39, 0.29) is 18.3 Å². The first-order valence-electron chi connectivity index (χ1n) is 8.58. The van der Waals surface area contributed by atoms with Crippen molar-refractivity contribution in [3.05, 3.63) is 70.6 Å². The average molecular weight is 350 g/mol. The Morgan fingerprint density at radius 1 is 1.04 bits per heavy atom. The monoisotopic (exact) mass is 350 g/mol. The molecule has 0 radical (unpaired) electrons. The van der Waals surface area contributed by atoms with Crippen LogP contribution < -0.4 is 0 Å². The third kappa shape index (κ3) is 4.17. The van der Waals surface area contributed by atoms with Crippen LogP contribution in [0.1, 0.15) is 41.2 Å². The summed E-state index contributed by atoms with van der Waals surface area (Å²) < 4.78 is 11.1. The highest BCUT2D eigenvalue weighted by atomic mass is 16.6. The topological polar surface area (TPSA) is 65.2 Å². The van der Waals surface area contributed by atoms with E-state index < -0.39 is 6.10 Å². The molecule has 0 aliphatic carbocycles. The van der Waals surface area contributed by atoms with E-state index in [0.29, 0.717) is 5.89 Å². The number of hydrogen-bond donors (Lipinski definition) is 0. The van der Waals surface area contributed by atoms with E-state index in [1.807, 2.05) is 63.2 Å². The van der Waals surface area contributed by atoms with Crippen LogP contribution in [-0.4, -0.2) is 16.2 Å². The Labute approximate surface area is 153 Å². The summed E-state index contributed by atoms with van der Waals surface area (Å²) in [7, 11) is 0. The number of esters is 1. The van der Waals surface area contributed by atoms with E-state index in [1.54, 1.807) is 6.92 Å². The lowest BCUT2D eigenvalue weighted by atomic mass is 10.0. The van der Waals surface area contributed by atoms with Gasteiger partial charge in [-0.2, -0.15) is 0 Å². The van der Waals surface area contributed by atoms with Crippen LogP contribution in [0, 0.1) is 20.8 Å². The Bertz CT molecular complexity index is 913. The molecule has 0 aliphatic heterocycles. The summed E-state index contributed by atoms with van der Waals surface area (Å²) in [6.45, 7) is 7.81. The van der Waals surface area contributed by atoms with E-state index >= 15 is 0 Å². The van der Waals surface area contributed by atoms with E-state index in [9.17, 15) is 4.79 Å². The molecular weight excluding hydrogens is 328 g/mol. The van der Waals surface area contributed by atoms with E-state index in [4.69, 9.17) is 9.15 Å². The van der Waals surface area contributed by atoms with E-state index in [1.165, 1.54) is 5.56 Å². The standard InChI is InChI=1S/C21H22N2O3/c1-13-5-9-18(10-6-13)21-23-22-20(26-21)16(4)25-19(24)12-17-8-7-14(2)15(3)11-17/h5-11,16H,12H2,1-4H3/t16-/m1/s1. The smallest absolute Gasteiger partial charge is 0.311 e. The number of carbonyl (C=O) groups is 1. The number of benzene rings is 2. The van der Waals surface area contributed by atoms with Crippen molar-refractivity contribution in [2.24, 2.45) is 0 Å². The van der Waals surface area contributed by atoms with Crippen LogP contribution in [0.4, 0.5) is 0 Å². The summed E-state index contributed by atoms with van der Waals surface area (Å²) in [6.07, 6.45) is -0.384. The summed E-state index contributed by atoms with van der Waals surface area (Å²) in [5, 5.41) is 8.05. The minimum Gasteiger partial charge on any atom is -0.452 e. The Morgan fingerprint density at radius 2 is 1.77 bits per heavy atom. The van der Waals surface area contributed by atoms with Crippen LogP contribution in [0.25, 0.3) is 11.5 Å². The molecule has 5 heteroatoms. The SMILES string of the molecule is Cc1ccc(-c2nnc([C@@H](C)OC(=O)Cc3ccc(C)c(C)c3)o2)cc1. The number of aryl methyl sites for hydroxylation is 3. The summed E-state index contributed by atoms with van der Waals surface area (Å²) in [5.41, 5.74) is 5.27. The molecule has 0 aliphatic rings. The zero-order valence-electron chi connectivity index (χ0n) is 15.4. The lowest BCUT2D eigenvalue weighted by Crippen LogP contribution is -2.12. The van der Waals surface area contributed by atoms with Crippen LogP contribution in [0.15, 0.2) is 46.9 Å². The molecular formula is C21H22N2O3. The van der Waals surface area contributed by atoms with Crippen molar-refractivity contribution in [1.82, 2.24) is 10.2 Å². The molecule has 0 spiro atoms. The largest absolute Gasteiger partial charge is 0.452 e. The third-order valence-electron chi connectivity index (χ3n) is 4.31. The fraction of sp³-hybridized carbons (Fsp3) is 0.286. The van der Waals surface area contributed by atoms with Crippen LogP contribution in [-0.2, 0) is 16.0 Å². The molecule has 2 aromatic carbocycles. The number of rotatable bonds is 5. The predicted octanol–water partition coefficient (Wildman–Crippen LogP) is 4.51. The Morgan fingerprint density at radius 3 is 2.46 bits per heavy atom. The third-order valence-corrected chi connectivity index (χ3v) is 4.31. The van der Waals surface area contributed by atoms with Gasteiger partial charge in [-0.15, -0.1) is 10.2 Å². The molecule has 0 unspecified atom stereocenters. The van der Waals surface area contributed by atoms with Gasteiger partial charge in [-0.3, -0.25) is 4.79 Å². The molecule has 1 atom stereocenters. The fourth-order valence-electron chi connectivity index (χ4n) is 2.58. The highest BCUT2D eigenvalue weighted by molar-refractivity contribution is 5.72. The van der Waals surface area contributed by atoms with Gasteiger partial charge in [0.05, 0.1) is 6.42 Å². The second-order valence-electron chi connectivity index (χ2n) is 6.54. The first kappa shape index (κ1) is 17.9. The molecule has 134 valence electrons. The predicted molar refractivity (Wildman–Crippen MR) is 98.6 cm³/mol. The quantitative estimate of drug-likeness (QED) is 0.634. The van der Waals surface area contributed by atoms with Crippen molar-refractivity contribution < 1.29 is 13.9 Å².